The van der Waals surface area contributed by atoms with E-state index < -0.39 is 27.3 Å². The number of pyridine rings is 1. The summed E-state index contributed by atoms with van der Waals surface area (Å²) in [4.78, 5) is 20.6. The maximum absolute atomic E-state index is 14.8. The fraction of sp³-hybridized carbons (Fsp3) is 0.467. The maximum Gasteiger partial charge on any atom is 0.410 e. The van der Waals surface area contributed by atoms with E-state index in [4.69, 9.17) is 19.2 Å². The van der Waals surface area contributed by atoms with Gasteiger partial charge in [0.25, 0.3) is 0 Å². The lowest BCUT2D eigenvalue weighted by Crippen LogP contribution is -2.50. The summed E-state index contributed by atoms with van der Waals surface area (Å²) in [5.41, 5.74) is 2.14. The standard InChI is InChI=1S/C30H36FN3O6S/c1-29(2,3)40-28(35)33(4)12-13-39-21-8-6-20(7-9-21)24-15-26(22-14-23(31)27(38-5)16-25(22)32-24)34-11-10-30(17-34)18-41(36,37)19-30/h6-9,14-16H,10-13,17-19H2,1-5H3. The van der Waals surface area contributed by atoms with E-state index in [9.17, 15) is 17.6 Å². The van der Waals surface area contributed by atoms with Crippen molar-refractivity contribution in [3.8, 4) is 22.8 Å². The molecule has 2 aromatic carbocycles. The second kappa shape index (κ2) is 10.7. The van der Waals surface area contributed by atoms with Gasteiger partial charge in [0, 0.05) is 48.3 Å². The monoisotopic (exact) mass is 585 g/mol. The molecule has 0 saturated carbocycles. The van der Waals surface area contributed by atoms with Crippen molar-refractivity contribution in [3.63, 3.8) is 0 Å². The van der Waals surface area contributed by atoms with Gasteiger partial charge in [-0.2, -0.15) is 0 Å². The van der Waals surface area contributed by atoms with Crippen molar-refractivity contribution in [1.82, 2.24) is 9.88 Å². The zero-order valence-electron chi connectivity index (χ0n) is 24.1. The predicted octanol–water partition coefficient (Wildman–Crippen LogP) is 4.92. The summed E-state index contributed by atoms with van der Waals surface area (Å²) in [5, 5.41) is 0.653. The first-order valence-corrected chi connectivity index (χ1v) is 15.4. The number of carbonyl (C=O) groups is 1. The Hall–Kier alpha value is -3.60. The molecule has 41 heavy (non-hydrogen) atoms. The van der Waals surface area contributed by atoms with Crippen molar-refractivity contribution < 1.29 is 31.8 Å². The SMILES string of the molecule is COc1cc2nc(-c3ccc(OCCN(C)C(=O)OC(C)(C)C)cc3)cc(N3CCC4(C3)CS(=O)(=O)C4)c2cc1F. The minimum absolute atomic E-state index is 0.108. The fourth-order valence-corrected chi connectivity index (χ4v) is 7.75. The van der Waals surface area contributed by atoms with Crippen LogP contribution in [0.3, 0.4) is 0 Å². The first-order chi connectivity index (χ1) is 19.3. The summed E-state index contributed by atoms with van der Waals surface area (Å²) >= 11 is 0. The largest absolute Gasteiger partial charge is 0.494 e. The molecular formula is C30H36FN3O6S. The summed E-state index contributed by atoms with van der Waals surface area (Å²) in [5.74, 6) is 0.669. The van der Waals surface area contributed by atoms with Gasteiger partial charge in [-0.3, -0.25) is 0 Å². The van der Waals surface area contributed by atoms with Crippen LogP contribution in [-0.2, 0) is 14.6 Å². The molecule has 0 atom stereocenters. The number of anilines is 1. The molecule has 11 heteroatoms. The van der Waals surface area contributed by atoms with Gasteiger partial charge in [-0.1, -0.05) is 0 Å². The van der Waals surface area contributed by atoms with E-state index in [1.54, 1.807) is 13.1 Å². The lowest BCUT2D eigenvalue weighted by atomic mass is 9.91. The van der Waals surface area contributed by atoms with E-state index in [1.807, 2.05) is 51.1 Å². The summed E-state index contributed by atoms with van der Waals surface area (Å²) in [6.45, 7) is 7.41. The van der Waals surface area contributed by atoms with Gasteiger partial charge in [-0.05, 0) is 63.6 Å². The number of sulfone groups is 1. The van der Waals surface area contributed by atoms with Crippen LogP contribution in [-0.4, -0.2) is 81.9 Å². The number of methoxy groups -OCH3 is 1. The highest BCUT2D eigenvalue weighted by molar-refractivity contribution is 7.92. The van der Waals surface area contributed by atoms with Crippen LogP contribution in [0.1, 0.15) is 27.2 Å². The molecule has 1 aromatic heterocycles. The second-order valence-corrected chi connectivity index (χ2v) is 14.1. The number of nitrogens with zero attached hydrogens (tertiary/aromatic N) is 3. The van der Waals surface area contributed by atoms with Crippen molar-refractivity contribution in [2.45, 2.75) is 32.8 Å². The first-order valence-electron chi connectivity index (χ1n) is 13.6. The number of ether oxygens (including phenoxy) is 3. The van der Waals surface area contributed by atoms with Crippen molar-refractivity contribution in [2.24, 2.45) is 5.41 Å². The number of hydrogen-bond acceptors (Lipinski definition) is 8. The van der Waals surface area contributed by atoms with Gasteiger partial charge in [0.05, 0.1) is 36.4 Å². The van der Waals surface area contributed by atoms with Crippen molar-refractivity contribution in [2.75, 3.05) is 56.8 Å². The molecule has 0 unspecified atom stereocenters. The quantitative estimate of drug-likeness (QED) is 0.386. The number of rotatable bonds is 7. The van der Waals surface area contributed by atoms with Gasteiger partial charge in [-0.15, -0.1) is 0 Å². The average molecular weight is 586 g/mol. The van der Waals surface area contributed by atoms with Crippen molar-refractivity contribution in [1.29, 1.82) is 0 Å². The third kappa shape index (κ3) is 6.34. The van der Waals surface area contributed by atoms with Crippen molar-refractivity contribution >= 4 is 32.5 Å². The van der Waals surface area contributed by atoms with E-state index in [2.05, 4.69) is 4.90 Å². The van der Waals surface area contributed by atoms with Gasteiger partial charge in [0.15, 0.2) is 21.4 Å². The fourth-order valence-electron chi connectivity index (χ4n) is 5.50. The molecule has 1 spiro atoms. The van der Waals surface area contributed by atoms with E-state index in [0.717, 1.165) is 17.7 Å². The number of hydrogen-bond donors (Lipinski definition) is 0. The zero-order chi connectivity index (χ0) is 29.6. The van der Waals surface area contributed by atoms with Crippen LogP contribution in [0.2, 0.25) is 0 Å². The maximum atomic E-state index is 14.8. The number of benzene rings is 2. The Labute approximate surface area is 240 Å². The lowest BCUT2D eigenvalue weighted by Gasteiger charge is -2.37. The molecule has 0 bridgehead atoms. The third-order valence-electron chi connectivity index (χ3n) is 7.44. The smallest absolute Gasteiger partial charge is 0.410 e. The molecule has 3 heterocycles. The highest BCUT2D eigenvalue weighted by Gasteiger charge is 2.52. The van der Waals surface area contributed by atoms with Crippen molar-refractivity contribution in [3.05, 3.63) is 48.3 Å². The normalized spacial score (nSPS) is 17.4. The number of likely N-dealkylation sites (N-methyl/N-ethyl adjacent to an activating group) is 1. The molecule has 9 nitrogen and oxygen atoms in total. The number of fused-ring (bicyclic) bond motifs is 1. The summed E-state index contributed by atoms with van der Waals surface area (Å²) in [6.07, 6.45) is 0.369. The molecular weight excluding hydrogens is 549 g/mol. The summed E-state index contributed by atoms with van der Waals surface area (Å²) in [6, 6.07) is 12.4. The van der Waals surface area contributed by atoms with Crippen LogP contribution in [0.5, 0.6) is 11.5 Å². The van der Waals surface area contributed by atoms with Crippen LogP contribution < -0.4 is 14.4 Å². The average Bonchev–Trinajstić information content (AvgIpc) is 3.30. The molecule has 0 aliphatic carbocycles. The Morgan fingerprint density at radius 2 is 1.85 bits per heavy atom. The Bertz CT molecular complexity index is 1560. The molecule has 5 rings (SSSR count). The molecule has 220 valence electrons. The van der Waals surface area contributed by atoms with E-state index in [-0.39, 0.29) is 22.7 Å². The number of aromatic nitrogens is 1. The minimum atomic E-state index is -2.97. The highest BCUT2D eigenvalue weighted by Crippen LogP contribution is 2.45. The molecule has 2 saturated heterocycles. The predicted molar refractivity (Wildman–Crippen MR) is 156 cm³/mol. The molecule has 0 N–H and O–H groups in total. The van der Waals surface area contributed by atoms with Crippen LogP contribution in [0.25, 0.3) is 22.2 Å². The summed E-state index contributed by atoms with van der Waals surface area (Å²) in [7, 11) is 0.111. The third-order valence-corrected chi connectivity index (χ3v) is 9.55. The molecule has 0 radical (unpaired) electrons. The van der Waals surface area contributed by atoms with E-state index in [1.165, 1.54) is 18.1 Å². The Morgan fingerprint density at radius 1 is 1.15 bits per heavy atom. The zero-order valence-corrected chi connectivity index (χ0v) is 24.9. The first kappa shape index (κ1) is 28.9. The van der Waals surface area contributed by atoms with Gasteiger partial charge < -0.3 is 24.0 Å². The van der Waals surface area contributed by atoms with Crippen LogP contribution in [0, 0.1) is 11.2 Å². The number of carbonyl (C=O) groups excluding carboxylic acids is 1. The van der Waals surface area contributed by atoms with Gasteiger partial charge in [0.1, 0.15) is 18.0 Å². The van der Waals surface area contributed by atoms with Crippen LogP contribution in [0.15, 0.2) is 42.5 Å². The molecule has 2 aliphatic rings. The summed E-state index contributed by atoms with van der Waals surface area (Å²) < 4.78 is 55.1. The highest BCUT2D eigenvalue weighted by atomic mass is 32.2. The van der Waals surface area contributed by atoms with Crippen LogP contribution in [0.4, 0.5) is 14.9 Å². The second-order valence-electron chi connectivity index (χ2n) is 12.0. The number of amides is 1. The topological polar surface area (TPSA) is 98.3 Å². The van der Waals surface area contributed by atoms with Gasteiger partial charge in [0.2, 0.25) is 0 Å². The number of halogens is 1. The lowest BCUT2D eigenvalue weighted by molar-refractivity contribution is 0.0278. The molecule has 3 aromatic rings. The van der Waals surface area contributed by atoms with Gasteiger partial charge >= 0.3 is 6.09 Å². The Kier molecular flexibility index (Phi) is 7.52. The Balaban J connectivity index is 1.35. The molecule has 2 fully saturated rings. The van der Waals surface area contributed by atoms with Crippen LogP contribution >= 0.6 is 0 Å². The molecule has 2 aliphatic heterocycles. The van der Waals surface area contributed by atoms with E-state index >= 15 is 0 Å². The Morgan fingerprint density at radius 3 is 2.49 bits per heavy atom. The molecule has 1 amide bonds. The minimum Gasteiger partial charge on any atom is -0.494 e. The van der Waals surface area contributed by atoms with E-state index in [0.29, 0.717) is 48.6 Å². The van der Waals surface area contributed by atoms with Gasteiger partial charge in [-0.25, -0.2) is 22.6 Å².